The summed E-state index contributed by atoms with van der Waals surface area (Å²) in [7, 11) is 2.77. The third-order valence-corrected chi connectivity index (χ3v) is 4.13. The van der Waals surface area contributed by atoms with Gasteiger partial charge in [0.25, 0.3) is 0 Å². The molecule has 1 aromatic rings. The van der Waals surface area contributed by atoms with Crippen LogP contribution >= 0.6 is 11.8 Å². The largest absolute Gasteiger partial charge is 0.497 e. The number of esters is 1. The highest BCUT2D eigenvalue weighted by molar-refractivity contribution is 8.16. The molecule has 0 radical (unpaired) electrons. The van der Waals surface area contributed by atoms with E-state index in [0.29, 0.717) is 10.8 Å². The first kappa shape index (κ1) is 15.2. The lowest BCUT2D eigenvalue weighted by atomic mass is 10.2. The van der Waals surface area contributed by atoms with E-state index in [1.165, 1.54) is 7.11 Å². The maximum absolute atomic E-state index is 11.9. The van der Waals surface area contributed by atoms with Gasteiger partial charge in [0.1, 0.15) is 10.8 Å². The fraction of sp³-hybridized carbons (Fsp3) is 0.308. The number of thioether (sulfide) groups is 1. The summed E-state index contributed by atoms with van der Waals surface area (Å²) in [5.74, 6) is -1.10. The first-order chi connectivity index (χ1) is 10.0. The molecule has 0 saturated heterocycles. The third kappa shape index (κ3) is 3.10. The zero-order valence-corrected chi connectivity index (χ0v) is 12.3. The number of carbonyl (C=O) groups excluding carboxylic acids is 1. The molecule has 2 N–H and O–H groups in total. The number of carboxylic acid groups (broad SMARTS) is 1. The lowest BCUT2D eigenvalue weighted by Crippen LogP contribution is -2.46. The minimum Gasteiger partial charge on any atom is -0.497 e. The Bertz CT molecular complexity index is 587. The fourth-order valence-corrected chi connectivity index (χ4v) is 2.95. The van der Waals surface area contributed by atoms with E-state index < -0.39 is 23.2 Å². The van der Waals surface area contributed by atoms with Crippen LogP contribution in [0.1, 0.15) is 12.0 Å². The Balaban J connectivity index is 2.21. The monoisotopic (exact) mass is 310 g/mol. The van der Waals surface area contributed by atoms with Crippen molar-refractivity contribution in [3.8, 4) is 5.75 Å². The molecule has 0 saturated carbocycles. The number of carboxylic acids is 1. The molecular formula is C13H14N2O5S. The molecule has 1 aliphatic heterocycles. The smallest absolute Gasteiger partial charge is 0.344 e. The highest BCUT2D eigenvalue weighted by Crippen LogP contribution is 2.36. The number of hydrogen-bond donors (Lipinski definition) is 2. The Morgan fingerprint density at radius 2 is 2.00 bits per heavy atom. The average molecular weight is 310 g/mol. The van der Waals surface area contributed by atoms with Crippen molar-refractivity contribution in [1.29, 1.82) is 0 Å². The molecule has 0 aromatic heterocycles. The summed E-state index contributed by atoms with van der Waals surface area (Å²) >= 11 is 1.03. The molecule has 1 aliphatic rings. The molecule has 0 bridgehead atoms. The number of nitrogens with one attached hydrogen (secondary N) is 1. The van der Waals surface area contributed by atoms with Gasteiger partial charge in [-0.05, 0) is 24.3 Å². The van der Waals surface area contributed by atoms with Gasteiger partial charge in [-0.25, -0.2) is 4.79 Å². The van der Waals surface area contributed by atoms with Crippen LogP contribution in [0.2, 0.25) is 0 Å². The summed E-state index contributed by atoms with van der Waals surface area (Å²) in [6.45, 7) is 0. The lowest BCUT2D eigenvalue weighted by molar-refractivity contribution is -0.149. The summed E-state index contributed by atoms with van der Waals surface area (Å²) in [5, 5.41) is 13.6. The molecule has 0 spiro atoms. The predicted octanol–water partition coefficient (Wildman–Crippen LogP) is 1.04. The van der Waals surface area contributed by atoms with Crippen molar-refractivity contribution >= 4 is 28.7 Å². The van der Waals surface area contributed by atoms with E-state index in [1.807, 2.05) is 0 Å². The van der Waals surface area contributed by atoms with Crippen molar-refractivity contribution in [2.45, 2.75) is 11.3 Å². The van der Waals surface area contributed by atoms with Gasteiger partial charge in [-0.2, -0.15) is 5.10 Å². The van der Waals surface area contributed by atoms with Crippen LogP contribution in [0.5, 0.6) is 5.75 Å². The second kappa shape index (κ2) is 6.04. The molecule has 7 nitrogen and oxygen atoms in total. The number of carbonyl (C=O) groups is 2. The van der Waals surface area contributed by atoms with E-state index in [-0.39, 0.29) is 0 Å². The highest BCUT2D eigenvalue weighted by Gasteiger charge is 2.47. The van der Waals surface area contributed by atoms with Gasteiger partial charge in [0, 0.05) is 5.56 Å². The molecule has 112 valence electrons. The molecule has 2 rings (SSSR count). The predicted molar refractivity (Wildman–Crippen MR) is 77.3 cm³/mol. The molecule has 1 aromatic carbocycles. The van der Waals surface area contributed by atoms with Crippen LogP contribution in [0.3, 0.4) is 0 Å². The summed E-state index contributed by atoms with van der Waals surface area (Å²) in [6, 6.07) is 7.07. The van der Waals surface area contributed by atoms with E-state index in [1.54, 1.807) is 31.4 Å². The summed E-state index contributed by atoms with van der Waals surface area (Å²) in [4.78, 5) is 21.4. The number of nitrogens with zero attached hydrogens (tertiary/aromatic N) is 1. The van der Waals surface area contributed by atoms with E-state index in [2.05, 4.69) is 15.3 Å². The Morgan fingerprint density at radius 3 is 2.52 bits per heavy atom. The topological polar surface area (TPSA) is 97.2 Å². The van der Waals surface area contributed by atoms with Gasteiger partial charge < -0.3 is 14.6 Å². The summed E-state index contributed by atoms with van der Waals surface area (Å²) in [6.07, 6.45) is -0.437. The van der Waals surface area contributed by atoms with Gasteiger partial charge >= 0.3 is 11.9 Å². The molecule has 0 aliphatic carbocycles. The fourth-order valence-electron chi connectivity index (χ4n) is 1.82. The van der Waals surface area contributed by atoms with Crippen LogP contribution in [0, 0.1) is 0 Å². The van der Waals surface area contributed by atoms with Crippen LogP contribution in [-0.4, -0.2) is 41.2 Å². The molecule has 21 heavy (non-hydrogen) atoms. The Hall–Kier alpha value is -2.22. The first-order valence-corrected chi connectivity index (χ1v) is 6.81. The van der Waals surface area contributed by atoms with Crippen molar-refractivity contribution in [2.75, 3.05) is 14.2 Å². The van der Waals surface area contributed by atoms with Gasteiger partial charge in [0.2, 0.25) is 4.87 Å². The second-order valence-corrected chi connectivity index (χ2v) is 5.54. The van der Waals surface area contributed by atoms with Crippen molar-refractivity contribution in [3.05, 3.63) is 29.8 Å². The Kier molecular flexibility index (Phi) is 4.37. The van der Waals surface area contributed by atoms with Crippen molar-refractivity contribution in [2.24, 2.45) is 5.10 Å². The molecule has 1 heterocycles. The zero-order chi connectivity index (χ0) is 15.5. The number of methoxy groups -OCH3 is 2. The number of rotatable bonds is 5. The maximum Gasteiger partial charge on any atom is 0.344 e. The molecule has 8 heteroatoms. The SMILES string of the molecule is COC(=O)C1(CC(=O)O)NN=C(c2ccc(OC)cc2)S1. The Labute approximate surface area is 125 Å². The van der Waals surface area contributed by atoms with Crippen LogP contribution in [0.4, 0.5) is 0 Å². The van der Waals surface area contributed by atoms with Gasteiger partial charge in [-0.15, -0.1) is 0 Å². The number of aliphatic carboxylic acids is 1. The van der Waals surface area contributed by atoms with Gasteiger partial charge in [-0.1, -0.05) is 11.8 Å². The van der Waals surface area contributed by atoms with Gasteiger partial charge in [0.15, 0.2) is 0 Å². The normalized spacial score (nSPS) is 20.4. The van der Waals surface area contributed by atoms with E-state index >= 15 is 0 Å². The third-order valence-electron chi connectivity index (χ3n) is 2.86. The first-order valence-electron chi connectivity index (χ1n) is 5.99. The summed E-state index contributed by atoms with van der Waals surface area (Å²) in [5.41, 5.74) is 3.35. The standard InChI is InChI=1S/C13H14N2O5S/c1-19-9-5-3-8(4-6-9)11-14-15-13(21-11,7-10(16)17)12(18)20-2/h3-6,15H,7H2,1-2H3,(H,16,17). The van der Waals surface area contributed by atoms with Crippen LogP contribution in [0.15, 0.2) is 29.4 Å². The number of ether oxygens (including phenoxy) is 2. The van der Waals surface area contributed by atoms with Crippen LogP contribution in [0.25, 0.3) is 0 Å². The Morgan fingerprint density at radius 1 is 1.33 bits per heavy atom. The number of hydrogen-bond acceptors (Lipinski definition) is 7. The molecule has 1 unspecified atom stereocenters. The van der Waals surface area contributed by atoms with Gasteiger partial charge in [0.05, 0.1) is 20.6 Å². The lowest BCUT2D eigenvalue weighted by Gasteiger charge is -2.22. The quantitative estimate of drug-likeness (QED) is 0.784. The number of benzene rings is 1. The zero-order valence-electron chi connectivity index (χ0n) is 11.5. The van der Waals surface area contributed by atoms with Crippen molar-refractivity contribution in [3.63, 3.8) is 0 Å². The minimum atomic E-state index is -1.43. The van der Waals surface area contributed by atoms with Crippen LogP contribution < -0.4 is 10.2 Å². The second-order valence-electron chi connectivity index (χ2n) is 4.25. The van der Waals surface area contributed by atoms with E-state index in [0.717, 1.165) is 17.3 Å². The molecule has 0 fully saturated rings. The van der Waals surface area contributed by atoms with Crippen molar-refractivity contribution in [1.82, 2.24) is 5.43 Å². The summed E-state index contributed by atoms with van der Waals surface area (Å²) < 4.78 is 9.75. The van der Waals surface area contributed by atoms with Gasteiger partial charge in [-0.3, -0.25) is 10.2 Å². The highest BCUT2D eigenvalue weighted by atomic mass is 32.2. The minimum absolute atomic E-state index is 0.437. The van der Waals surface area contributed by atoms with E-state index in [9.17, 15) is 9.59 Å². The molecule has 1 atom stereocenters. The molecular weight excluding hydrogens is 296 g/mol. The molecule has 0 amide bonds. The van der Waals surface area contributed by atoms with Crippen molar-refractivity contribution < 1.29 is 24.2 Å². The van der Waals surface area contributed by atoms with Crippen LogP contribution in [-0.2, 0) is 14.3 Å². The van der Waals surface area contributed by atoms with E-state index in [4.69, 9.17) is 9.84 Å². The maximum atomic E-state index is 11.9. The average Bonchev–Trinajstić information content (AvgIpc) is 2.91. The number of hydrazone groups is 1.